The summed E-state index contributed by atoms with van der Waals surface area (Å²) < 4.78 is 22.1. The Morgan fingerprint density at radius 2 is 1.55 bits per heavy atom. The highest BCUT2D eigenvalue weighted by molar-refractivity contribution is 5.66. The fraction of sp³-hybridized carbons (Fsp3) is 0.350. The van der Waals surface area contributed by atoms with Crippen molar-refractivity contribution in [3.63, 3.8) is 0 Å². The Morgan fingerprint density at radius 3 is 2.14 bits per heavy atom. The first kappa shape index (κ1) is 18.9. The molecule has 1 fully saturated rings. The van der Waals surface area contributed by atoms with Crippen molar-refractivity contribution in [2.24, 2.45) is 0 Å². The number of piperazine rings is 1. The van der Waals surface area contributed by atoms with Crippen LogP contribution in [-0.4, -0.2) is 62.7 Å². The lowest BCUT2D eigenvalue weighted by Crippen LogP contribution is -2.47. The monoisotopic (exact) mass is 397 g/mol. The van der Waals surface area contributed by atoms with Crippen LogP contribution in [0.1, 0.15) is 0 Å². The van der Waals surface area contributed by atoms with Gasteiger partial charge in [0.2, 0.25) is 11.6 Å². The molecule has 0 radical (unpaired) electrons. The fourth-order valence-corrected chi connectivity index (χ4v) is 3.33. The van der Waals surface area contributed by atoms with E-state index in [1.54, 1.807) is 33.5 Å². The second kappa shape index (κ2) is 8.26. The highest BCUT2D eigenvalue weighted by atomic mass is 16.5. The summed E-state index contributed by atoms with van der Waals surface area (Å²) in [6, 6.07) is 10.0. The average Bonchev–Trinajstić information content (AvgIpc) is 3.29. The van der Waals surface area contributed by atoms with E-state index in [1.807, 2.05) is 24.4 Å². The molecule has 3 heterocycles. The van der Waals surface area contributed by atoms with Gasteiger partial charge in [-0.2, -0.15) is 0 Å². The minimum atomic E-state index is 0.395. The van der Waals surface area contributed by atoms with Crippen molar-refractivity contribution in [1.29, 1.82) is 0 Å². The smallest absolute Gasteiger partial charge is 0.318 e. The second-order valence-corrected chi connectivity index (χ2v) is 6.47. The number of methoxy groups -OCH3 is 3. The highest BCUT2D eigenvalue weighted by Gasteiger charge is 2.23. The van der Waals surface area contributed by atoms with Crippen LogP contribution in [0.3, 0.4) is 0 Å². The minimum absolute atomic E-state index is 0.395. The molecule has 0 atom stereocenters. The molecule has 152 valence electrons. The molecule has 0 N–H and O–H groups in total. The van der Waals surface area contributed by atoms with Crippen LogP contribution in [0.2, 0.25) is 0 Å². The first-order chi connectivity index (χ1) is 14.2. The van der Waals surface area contributed by atoms with Crippen LogP contribution in [0, 0.1) is 0 Å². The van der Waals surface area contributed by atoms with Crippen molar-refractivity contribution < 1.29 is 18.6 Å². The number of nitrogens with zero attached hydrogens (tertiary/aromatic N) is 5. The van der Waals surface area contributed by atoms with Crippen LogP contribution in [0.15, 0.2) is 40.9 Å². The maximum absolute atomic E-state index is 5.94. The largest absolute Gasteiger partial charge is 0.493 e. The summed E-state index contributed by atoms with van der Waals surface area (Å²) in [5, 5.41) is 8.44. The quantitative estimate of drug-likeness (QED) is 0.622. The number of aromatic nitrogens is 3. The third-order valence-corrected chi connectivity index (χ3v) is 4.85. The summed E-state index contributed by atoms with van der Waals surface area (Å²) in [5.41, 5.74) is 0.699. The van der Waals surface area contributed by atoms with Gasteiger partial charge in [-0.05, 0) is 24.3 Å². The Kier molecular flexibility index (Phi) is 5.37. The lowest BCUT2D eigenvalue weighted by molar-refractivity contribution is 0.324. The zero-order chi connectivity index (χ0) is 20.2. The van der Waals surface area contributed by atoms with E-state index in [0.717, 1.165) is 32.0 Å². The maximum atomic E-state index is 5.94. The molecule has 9 nitrogen and oxygen atoms in total. The number of ether oxygens (including phenoxy) is 3. The maximum Gasteiger partial charge on any atom is 0.318 e. The van der Waals surface area contributed by atoms with E-state index in [-0.39, 0.29) is 0 Å². The van der Waals surface area contributed by atoms with Crippen molar-refractivity contribution in [2.45, 2.75) is 0 Å². The summed E-state index contributed by atoms with van der Waals surface area (Å²) in [5.74, 6) is 2.96. The van der Waals surface area contributed by atoms with Gasteiger partial charge in [-0.15, -0.1) is 5.10 Å². The predicted molar refractivity (Wildman–Crippen MR) is 108 cm³/mol. The molecule has 1 aromatic carbocycles. The molecule has 3 aromatic rings. The first-order valence-corrected chi connectivity index (χ1v) is 9.28. The second-order valence-electron chi connectivity index (χ2n) is 6.47. The molecule has 4 rings (SSSR count). The van der Waals surface area contributed by atoms with Gasteiger partial charge >= 0.3 is 6.01 Å². The molecular weight excluding hydrogens is 374 g/mol. The Labute approximate surface area is 168 Å². The molecule has 1 aliphatic heterocycles. The number of hydrogen-bond acceptors (Lipinski definition) is 9. The van der Waals surface area contributed by atoms with Gasteiger partial charge in [0, 0.05) is 37.9 Å². The molecule has 0 amide bonds. The fourth-order valence-electron chi connectivity index (χ4n) is 3.33. The number of anilines is 2. The Balaban J connectivity index is 1.51. The normalized spacial score (nSPS) is 14.0. The van der Waals surface area contributed by atoms with Gasteiger partial charge in [0.15, 0.2) is 11.5 Å². The lowest BCUT2D eigenvalue weighted by atomic mass is 10.2. The summed E-state index contributed by atoms with van der Waals surface area (Å²) in [6.07, 6.45) is 1.81. The van der Waals surface area contributed by atoms with Crippen LogP contribution in [0.5, 0.6) is 17.2 Å². The number of benzene rings is 1. The molecule has 29 heavy (non-hydrogen) atoms. The molecular formula is C20H23N5O4. The molecule has 1 saturated heterocycles. The van der Waals surface area contributed by atoms with Crippen molar-refractivity contribution in [3.8, 4) is 28.7 Å². The number of pyridine rings is 1. The Hall–Kier alpha value is -3.49. The van der Waals surface area contributed by atoms with Crippen LogP contribution >= 0.6 is 0 Å². The molecule has 0 spiro atoms. The van der Waals surface area contributed by atoms with Gasteiger partial charge in [-0.1, -0.05) is 11.2 Å². The number of rotatable bonds is 6. The number of hydrogen-bond donors (Lipinski definition) is 0. The van der Waals surface area contributed by atoms with Crippen molar-refractivity contribution >= 4 is 11.8 Å². The van der Waals surface area contributed by atoms with Gasteiger partial charge in [0.05, 0.1) is 21.3 Å². The van der Waals surface area contributed by atoms with Gasteiger partial charge in [0.1, 0.15) is 5.82 Å². The molecule has 0 unspecified atom stereocenters. The SMILES string of the molecule is COc1cc(-c2nnc(N3CCN(c4ccccn4)CC3)o2)cc(OC)c1OC. The predicted octanol–water partition coefficient (Wildman–Crippen LogP) is 2.48. The van der Waals surface area contributed by atoms with Crippen molar-refractivity contribution in [1.82, 2.24) is 15.2 Å². The average molecular weight is 397 g/mol. The molecule has 0 saturated carbocycles. The van der Waals surface area contributed by atoms with Crippen LogP contribution < -0.4 is 24.0 Å². The van der Waals surface area contributed by atoms with E-state index >= 15 is 0 Å². The summed E-state index contributed by atoms with van der Waals surface area (Å²) in [7, 11) is 4.71. The topological polar surface area (TPSA) is 86.0 Å². The Morgan fingerprint density at radius 1 is 0.862 bits per heavy atom. The van der Waals surface area contributed by atoms with E-state index in [1.165, 1.54) is 0 Å². The van der Waals surface area contributed by atoms with E-state index in [2.05, 4.69) is 25.0 Å². The van der Waals surface area contributed by atoms with Crippen LogP contribution in [-0.2, 0) is 0 Å². The molecule has 2 aromatic heterocycles. The minimum Gasteiger partial charge on any atom is -0.493 e. The van der Waals surface area contributed by atoms with E-state index in [4.69, 9.17) is 18.6 Å². The van der Waals surface area contributed by atoms with E-state index in [0.29, 0.717) is 34.7 Å². The zero-order valence-corrected chi connectivity index (χ0v) is 16.7. The molecule has 1 aliphatic rings. The van der Waals surface area contributed by atoms with E-state index < -0.39 is 0 Å². The van der Waals surface area contributed by atoms with Gasteiger partial charge < -0.3 is 28.4 Å². The Bertz CT molecular complexity index is 930. The highest BCUT2D eigenvalue weighted by Crippen LogP contribution is 2.41. The van der Waals surface area contributed by atoms with Gasteiger partial charge in [-0.3, -0.25) is 0 Å². The van der Waals surface area contributed by atoms with Gasteiger partial charge in [-0.25, -0.2) is 4.98 Å². The summed E-state index contributed by atoms with van der Waals surface area (Å²) >= 11 is 0. The van der Waals surface area contributed by atoms with Crippen molar-refractivity contribution in [2.75, 3.05) is 57.3 Å². The molecule has 0 aliphatic carbocycles. The molecule has 9 heteroatoms. The van der Waals surface area contributed by atoms with Crippen LogP contribution in [0.4, 0.5) is 11.8 Å². The standard InChI is InChI=1S/C20H23N5O4/c1-26-15-12-14(13-16(27-2)18(15)28-3)19-22-23-20(29-19)25-10-8-24(9-11-25)17-6-4-5-7-21-17/h4-7,12-13H,8-11H2,1-3H3. The van der Waals surface area contributed by atoms with E-state index in [9.17, 15) is 0 Å². The van der Waals surface area contributed by atoms with Crippen molar-refractivity contribution in [3.05, 3.63) is 36.5 Å². The summed E-state index contributed by atoms with van der Waals surface area (Å²) in [4.78, 5) is 8.73. The van der Waals surface area contributed by atoms with Gasteiger partial charge in [0.25, 0.3) is 0 Å². The summed E-state index contributed by atoms with van der Waals surface area (Å²) in [6.45, 7) is 3.21. The van der Waals surface area contributed by atoms with Crippen LogP contribution in [0.25, 0.3) is 11.5 Å². The third kappa shape index (κ3) is 3.75. The molecule has 0 bridgehead atoms. The first-order valence-electron chi connectivity index (χ1n) is 9.28. The third-order valence-electron chi connectivity index (χ3n) is 4.85. The lowest BCUT2D eigenvalue weighted by Gasteiger charge is -2.34. The zero-order valence-electron chi connectivity index (χ0n) is 16.7.